The Hall–Kier alpha value is -3.96. The minimum atomic E-state index is -0.709. The summed E-state index contributed by atoms with van der Waals surface area (Å²) in [7, 11) is 0. The molecule has 5 rings (SSSR count). The van der Waals surface area contributed by atoms with Gasteiger partial charge in [0.25, 0.3) is 5.56 Å². The van der Waals surface area contributed by atoms with Crippen molar-refractivity contribution < 1.29 is 18.7 Å². The summed E-state index contributed by atoms with van der Waals surface area (Å²) >= 11 is 2.55. The molecule has 212 valence electrons. The minimum Gasteiger partial charge on any atom is -0.494 e. The molecule has 41 heavy (non-hydrogen) atoms. The second-order valence-electron chi connectivity index (χ2n) is 9.73. The van der Waals surface area contributed by atoms with Crippen molar-refractivity contribution in [3.8, 4) is 5.75 Å². The molecular weight excluding hydrogens is 560 g/mol. The minimum absolute atomic E-state index is 0.279. The van der Waals surface area contributed by atoms with E-state index in [9.17, 15) is 9.59 Å². The lowest BCUT2D eigenvalue weighted by atomic mass is 9.96. The Labute approximate surface area is 245 Å². The molecule has 3 aromatic heterocycles. The molecule has 0 bridgehead atoms. The molecule has 9 nitrogen and oxygen atoms in total. The average molecular weight is 591 g/mol. The van der Waals surface area contributed by atoms with E-state index in [0.717, 1.165) is 17.0 Å². The molecule has 0 unspecified atom stereocenters. The first-order valence-electron chi connectivity index (χ1n) is 13.2. The number of carbonyl (C=O) groups is 1. The predicted molar refractivity (Wildman–Crippen MR) is 157 cm³/mol. The normalized spacial score (nSPS) is 15.2. The number of fused-ring (bicyclic) bond motifs is 1. The van der Waals surface area contributed by atoms with Crippen LogP contribution in [0, 0.1) is 13.8 Å². The maximum atomic E-state index is 13.9. The third kappa shape index (κ3) is 6.20. The Morgan fingerprint density at radius 3 is 2.49 bits per heavy atom. The van der Waals surface area contributed by atoms with Crippen molar-refractivity contribution in [3.05, 3.63) is 96.1 Å². The molecule has 1 aromatic carbocycles. The Balaban J connectivity index is 1.56. The average Bonchev–Trinajstić information content (AvgIpc) is 3.46. The number of hydrogen-bond acceptors (Lipinski definition) is 10. The summed E-state index contributed by atoms with van der Waals surface area (Å²) in [6.07, 6.45) is 1.37. The summed E-state index contributed by atoms with van der Waals surface area (Å²) < 4.78 is 19.1. The van der Waals surface area contributed by atoms with Crippen LogP contribution in [0.15, 0.2) is 78.2 Å². The molecule has 0 spiro atoms. The molecule has 0 aliphatic carbocycles. The number of carbonyl (C=O) groups excluding carboxylic acids is 1. The van der Waals surface area contributed by atoms with Crippen LogP contribution in [0.5, 0.6) is 5.75 Å². The van der Waals surface area contributed by atoms with Crippen LogP contribution >= 0.6 is 23.1 Å². The molecule has 1 aliphatic rings. The number of allylic oxidation sites excluding steroid dienone is 1. The maximum Gasteiger partial charge on any atom is 0.338 e. The number of rotatable bonds is 8. The van der Waals surface area contributed by atoms with Gasteiger partial charge in [-0.2, -0.15) is 0 Å². The van der Waals surface area contributed by atoms with Crippen LogP contribution in [0.2, 0.25) is 0 Å². The van der Waals surface area contributed by atoms with E-state index in [1.165, 1.54) is 23.1 Å². The van der Waals surface area contributed by atoms with Crippen molar-refractivity contribution in [2.45, 2.75) is 63.9 Å². The van der Waals surface area contributed by atoms with Crippen molar-refractivity contribution in [3.63, 3.8) is 0 Å². The maximum absolute atomic E-state index is 13.9. The summed E-state index contributed by atoms with van der Waals surface area (Å²) in [6.45, 7) is 11.6. The van der Waals surface area contributed by atoms with Crippen LogP contribution in [0.25, 0.3) is 6.08 Å². The van der Waals surface area contributed by atoms with Crippen molar-refractivity contribution in [1.82, 2.24) is 14.5 Å². The zero-order valence-electron chi connectivity index (χ0n) is 23.6. The smallest absolute Gasteiger partial charge is 0.338 e. The van der Waals surface area contributed by atoms with Crippen molar-refractivity contribution in [2.24, 2.45) is 4.99 Å². The molecule has 4 heterocycles. The van der Waals surface area contributed by atoms with E-state index in [1.54, 1.807) is 37.5 Å². The predicted octanol–water partition coefficient (Wildman–Crippen LogP) is 4.74. The molecule has 1 aliphatic heterocycles. The van der Waals surface area contributed by atoms with E-state index in [2.05, 4.69) is 15.0 Å². The number of ether oxygens (including phenoxy) is 2. The van der Waals surface area contributed by atoms with Crippen molar-refractivity contribution in [2.75, 3.05) is 6.61 Å². The van der Waals surface area contributed by atoms with E-state index < -0.39 is 12.0 Å². The van der Waals surface area contributed by atoms with Gasteiger partial charge in [-0.1, -0.05) is 23.5 Å². The first-order valence-corrected chi connectivity index (χ1v) is 14.8. The Morgan fingerprint density at radius 1 is 1.12 bits per heavy atom. The van der Waals surface area contributed by atoms with E-state index in [4.69, 9.17) is 13.9 Å². The van der Waals surface area contributed by atoms with Gasteiger partial charge in [0.2, 0.25) is 0 Å². The van der Waals surface area contributed by atoms with Crippen LogP contribution in [0.4, 0.5) is 0 Å². The van der Waals surface area contributed by atoms with Gasteiger partial charge in [-0.3, -0.25) is 9.36 Å². The molecule has 0 saturated heterocycles. The van der Waals surface area contributed by atoms with Gasteiger partial charge in [0.1, 0.15) is 11.5 Å². The van der Waals surface area contributed by atoms with Gasteiger partial charge in [-0.25, -0.2) is 19.8 Å². The zero-order valence-corrected chi connectivity index (χ0v) is 25.3. The fourth-order valence-electron chi connectivity index (χ4n) is 4.51. The van der Waals surface area contributed by atoms with Crippen LogP contribution in [0.3, 0.4) is 0 Å². The topological polar surface area (TPSA) is 109 Å². The molecule has 0 saturated carbocycles. The van der Waals surface area contributed by atoms with Gasteiger partial charge in [0.05, 0.1) is 34.6 Å². The van der Waals surface area contributed by atoms with Gasteiger partial charge in [-0.05, 0) is 89.2 Å². The van der Waals surface area contributed by atoms with E-state index in [-0.39, 0.29) is 11.7 Å². The van der Waals surface area contributed by atoms with Crippen molar-refractivity contribution >= 4 is 35.1 Å². The third-order valence-electron chi connectivity index (χ3n) is 6.12. The second-order valence-corrected chi connectivity index (χ2v) is 11.7. The standard InChI is InChI=1S/C30H30N4O5S2/c1-7-37-21-10-8-20(9-11-21)26-25(28(36)38-16(2)3)19(6)33-30-34(26)27(35)23(40-30)15-22-12-13-24(39-22)41-29-31-17(4)14-18(5)32-29/h8-16,26H,7H2,1-6H3/b23-15-/t26-/m0/s1. The third-order valence-corrected chi connectivity index (χ3v) is 7.89. The number of hydrogen-bond donors (Lipinski definition) is 0. The SMILES string of the molecule is CCOc1ccc([C@H]2C(C(=O)OC(C)C)=C(C)N=c3s/c(=C\c4ccc(Sc5nc(C)cc(C)n5)o4)c(=O)n32)cc1. The number of furan rings is 1. The highest BCUT2D eigenvalue weighted by atomic mass is 32.2. The Bertz CT molecular complexity index is 1800. The number of aromatic nitrogens is 3. The molecule has 11 heteroatoms. The number of thiazole rings is 1. The molecule has 0 radical (unpaired) electrons. The van der Waals surface area contributed by atoms with Crippen LogP contribution in [-0.4, -0.2) is 33.2 Å². The van der Waals surface area contributed by atoms with Gasteiger partial charge >= 0.3 is 5.97 Å². The lowest BCUT2D eigenvalue weighted by Crippen LogP contribution is -2.40. The fourth-order valence-corrected chi connectivity index (χ4v) is 6.37. The van der Waals surface area contributed by atoms with Crippen LogP contribution < -0.4 is 19.6 Å². The highest BCUT2D eigenvalue weighted by Crippen LogP contribution is 2.32. The first kappa shape index (κ1) is 28.6. The molecule has 0 N–H and O–H groups in total. The lowest BCUT2D eigenvalue weighted by Gasteiger charge is -2.25. The van der Waals surface area contributed by atoms with Gasteiger partial charge in [0, 0.05) is 17.5 Å². The monoisotopic (exact) mass is 590 g/mol. The number of esters is 1. The Morgan fingerprint density at radius 2 is 1.83 bits per heavy atom. The summed E-state index contributed by atoms with van der Waals surface area (Å²) in [6, 6.07) is 12.2. The number of nitrogens with zero attached hydrogens (tertiary/aromatic N) is 4. The molecule has 0 fully saturated rings. The van der Waals surface area contributed by atoms with Crippen molar-refractivity contribution in [1.29, 1.82) is 0 Å². The van der Waals surface area contributed by atoms with E-state index >= 15 is 0 Å². The van der Waals surface area contributed by atoms with E-state index in [0.29, 0.717) is 49.0 Å². The first-order chi connectivity index (χ1) is 19.6. The lowest BCUT2D eigenvalue weighted by molar-refractivity contribution is -0.143. The quantitative estimate of drug-likeness (QED) is 0.214. The zero-order chi connectivity index (χ0) is 29.3. The molecular formula is C30H30N4O5S2. The fraction of sp³-hybridized carbons (Fsp3) is 0.300. The summed E-state index contributed by atoms with van der Waals surface area (Å²) in [5.41, 5.74) is 3.05. The second kappa shape index (κ2) is 11.9. The van der Waals surface area contributed by atoms with E-state index in [1.807, 2.05) is 57.2 Å². The van der Waals surface area contributed by atoms with Crippen LogP contribution in [0.1, 0.15) is 56.4 Å². The van der Waals surface area contributed by atoms with Crippen LogP contribution in [-0.2, 0) is 9.53 Å². The number of aryl methyl sites for hydroxylation is 2. The molecule has 1 atom stereocenters. The number of benzene rings is 1. The summed E-state index contributed by atoms with van der Waals surface area (Å²) in [5, 5.41) is 1.20. The summed E-state index contributed by atoms with van der Waals surface area (Å²) in [5.74, 6) is 0.707. The largest absolute Gasteiger partial charge is 0.494 e. The molecule has 4 aromatic rings. The van der Waals surface area contributed by atoms with Gasteiger partial charge < -0.3 is 13.9 Å². The molecule has 0 amide bonds. The highest BCUT2D eigenvalue weighted by Gasteiger charge is 2.33. The highest BCUT2D eigenvalue weighted by molar-refractivity contribution is 7.99. The van der Waals surface area contributed by atoms with Gasteiger partial charge in [0.15, 0.2) is 15.1 Å². The Kier molecular flexibility index (Phi) is 8.27. The summed E-state index contributed by atoms with van der Waals surface area (Å²) in [4.78, 5) is 41.2. The van der Waals surface area contributed by atoms with Gasteiger partial charge in [-0.15, -0.1) is 0 Å².